The third kappa shape index (κ3) is 0.438. The number of amides is 1. The summed E-state index contributed by atoms with van der Waals surface area (Å²) in [7, 11) is 0. The van der Waals surface area contributed by atoms with Crippen LogP contribution in [0.1, 0.15) is 33.6 Å². The zero-order valence-corrected chi connectivity index (χ0v) is 8.55. The largest absolute Gasteiger partial charge is 0.369 e. The Balaban J connectivity index is 2.16. The van der Waals surface area contributed by atoms with Crippen LogP contribution in [0, 0.1) is 28.1 Å². The van der Waals surface area contributed by atoms with Gasteiger partial charge in [0.1, 0.15) is 0 Å². The van der Waals surface area contributed by atoms with Crippen molar-refractivity contribution in [1.29, 1.82) is 0 Å². The molecule has 4 rings (SSSR count). The molecular weight excluding hydrogens is 162 g/mol. The minimum Gasteiger partial charge on any atom is -0.369 e. The molecule has 0 aromatic rings. The summed E-state index contributed by atoms with van der Waals surface area (Å²) in [4.78, 5) is 11.5. The molecule has 72 valence electrons. The molecule has 2 heteroatoms. The Labute approximate surface area is 78.9 Å². The Bertz CT molecular complexity index is 322. The molecule has 2 N–H and O–H groups in total. The van der Waals surface area contributed by atoms with E-state index in [9.17, 15) is 4.79 Å². The Morgan fingerprint density at radius 3 is 2.15 bits per heavy atom. The zero-order chi connectivity index (χ0) is 9.65. The van der Waals surface area contributed by atoms with Crippen LogP contribution in [0.4, 0.5) is 0 Å². The summed E-state index contributed by atoms with van der Waals surface area (Å²) in [5.41, 5.74) is 6.03. The molecule has 0 aromatic heterocycles. The highest BCUT2D eigenvalue weighted by Gasteiger charge is 2.91. The SMILES string of the molecule is CC1(C)C2CC3C(C(N)=O)(C2)C31C. The van der Waals surface area contributed by atoms with Crippen molar-refractivity contribution in [3.8, 4) is 0 Å². The van der Waals surface area contributed by atoms with Gasteiger partial charge in [-0.2, -0.15) is 0 Å². The summed E-state index contributed by atoms with van der Waals surface area (Å²) in [5, 5.41) is 0. The van der Waals surface area contributed by atoms with E-state index in [4.69, 9.17) is 5.73 Å². The van der Waals surface area contributed by atoms with Gasteiger partial charge in [0.15, 0.2) is 0 Å². The van der Waals surface area contributed by atoms with Gasteiger partial charge in [-0.3, -0.25) is 4.79 Å². The van der Waals surface area contributed by atoms with Crippen molar-refractivity contribution in [2.24, 2.45) is 33.8 Å². The lowest BCUT2D eigenvalue weighted by Gasteiger charge is -2.29. The lowest BCUT2D eigenvalue weighted by atomic mass is 9.75. The molecule has 4 bridgehead atoms. The molecular formula is C11H17NO. The Morgan fingerprint density at radius 2 is 2.00 bits per heavy atom. The molecule has 0 saturated heterocycles. The van der Waals surface area contributed by atoms with Gasteiger partial charge in [0.2, 0.25) is 5.91 Å². The summed E-state index contributed by atoms with van der Waals surface area (Å²) < 4.78 is 0. The summed E-state index contributed by atoms with van der Waals surface area (Å²) in [5.74, 6) is 1.32. The van der Waals surface area contributed by atoms with E-state index in [2.05, 4.69) is 20.8 Å². The first-order valence-electron chi connectivity index (χ1n) is 5.19. The fourth-order valence-corrected chi connectivity index (χ4v) is 4.87. The first kappa shape index (κ1) is 7.84. The van der Waals surface area contributed by atoms with Crippen LogP contribution in [-0.2, 0) is 4.79 Å². The summed E-state index contributed by atoms with van der Waals surface area (Å²) in [6.45, 7) is 6.90. The van der Waals surface area contributed by atoms with Gasteiger partial charge in [0, 0.05) is 0 Å². The smallest absolute Gasteiger partial charge is 0.224 e. The molecule has 4 saturated carbocycles. The number of primary amides is 1. The average Bonchev–Trinajstić information content (AvgIpc) is 2.35. The van der Waals surface area contributed by atoms with Crippen molar-refractivity contribution < 1.29 is 4.79 Å². The Hall–Kier alpha value is -0.530. The second-order valence-corrected chi connectivity index (χ2v) is 5.95. The van der Waals surface area contributed by atoms with Crippen molar-refractivity contribution in [3.63, 3.8) is 0 Å². The Kier molecular flexibility index (Phi) is 0.935. The monoisotopic (exact) mass is 179 g/mol. The van der Waals surface area contributed by atoms with Gasteiger partial charge in [-0.25, -0.2) is 0 Å². The summed E-state index contributed by atoms with van der Waals surface area (Å²) in [6.07, 6.45) is 2.31. The van der Waals surface area contributed by atoms with E-state index in [1.54, 1.807) is 0 Å². The van der Waals surface area contributed by atoms with Crippen LogP contribution in [0.5, 0.6) is 0 Å². The third-order valence-corrected chi connectivity index (χ3v) is 6.02. The van der Waals surface area contributed by atoms with Gasteiger partial charge in [-0.1, -0.05) is 20.8 Å². The summed E-state index contributed by atoms with van der Waals surface area (Å²) in [6, 6.07) is 0. The maximum Gasteiger partial charge on any atom is 0.224 e. The van der Waals surface area contributed by atoms with Crippen LogP contribution in [0.2, 0.25) is 0 Å². The number of nitrogens with two attached hydrogens (primary N) is 1. The van der Waals surface area contributed by atoms with Crippen LogP contribution in [-0.4, -0.2) is 5.91 Å². The highest BCUT2D eigenvalue weighted by Crippen LogP contribution is 2.92. The number of rotatable bonds is 1. The van der Waals surface area contributed by atoms with Crippen molar-refractivity contribution in [1.82, 2.24) is 0 Å². The second kappa shape index (κ2) is 1.55. The van der Waals surface area contributed by atoms with Crippen molar-refractivity contribution in [2.45, 2.75) is 33.6 Å². The Morgan fingerprint density at radius 1 is 1.38 bits per heavy atom. The second-order valence-electron chi connectivity index (χ2n) is 5.95. The molecule has 4 aliphatic carbocycles. The number of hydrogen-bond acceptors (Lipinski definition) is 1. The predicted molar refractivity (Wildman–Crippen MR) is 49.7 cm³/mol. The zero-order valence-electron chi connectivity index (χ0n) is 8.55. The fourth-order valence-electron chi connectivity index (χ4n) is 4.87. The molecule has 1 amide bonds. The molecule has 4 fully saturated rings. The molecule has 0 spiro atoms. The molecule has 13 heavy (non-hydrogen) atoms. The molecule has 4 unspecified atom stereocenters. The van der Waals surface area contributed by atoms with E-state index >= 15 is 0 Å². The van der Waals surface area contributed by atoms with E-state index in [1.807, 2.05) is 0 Å². The maximum atomic E-state index is 11.5. The fraction of sp³-hybridized carbons (Fsp3) is 0.909. The molecule has 0 aromatic carbocycles. The normalized spacial score (nSPS) is 59.6. The van der Waals surface area contributed by atoms with Gasteiger partial charge in [-0.15, -0.1) is 0 Å². The number of carbonyl (C=O) groups is 1. The van der Waals surface area contributed by atoms with Crippen LogP contribution >= 0.6 is 0 Å². The van der Waals surface area contributed by atoms with Crippen molar-refractivity contribution in [2.75, 3.05) is 0 Å². The lowest BCUT2D eigenvalue weighted by Crippen LogP contribution is -2.30. The van der Waals surface area contributed by atoms with Crippen LogP contribution < -0.4 is 5.73 Å². The van der Waals surface area contributed by atoms with E-state index in [-0.39, 0.29) is 16.7 Å². The molecule has 2 nitrogen and oxygen atoms in total. The molecule has 0 heterocycles. The van der Waals surface area contributed by atoms with E-state index in [0.717, 1.165) is 12.3 Å². The standard InChI is InChI=1S/C11H17NO/c1-9(2)6-4-7-10(9,3)11(7,5-6)8(12)13/h6-7H,4-5H2,1-3H3,(H2,12,13). The van der Waals surface area contributed by atoms with Crippen LogP contribution in [0.15, 0.2) is 0 Å². The van der Waals surface area contributed by atoms with Gasteiger partial charge < -0.3 is 5.73 Å². The quantitative estimate of drug-likeness (QED) is 0.652. The van der Waals surface area contributed by atoms with Crippen LogP contribution in [0.25, 0.3) is 0 Å². The van der Waals surface area contributed by atoms with Crippen molar-refractivity contribution >= 4 is 5.91 Å². The molecule has 0 radical (unpaired) electrons. The minimum atomic E-state index is -0.0961. The van der Waals surface area contributed by atoms with E-state index in [1.165, 1.54) is 6.42 Å². The van der Waals surface area contributed by atoms with Gasteiger partial charge in [-0.05, 0) is 35.5 Å². The van der Waals surface area contributed by atoms with Gasteiger partial charge >= 0.3 is 0 Å². The van der Waals surface area contributed by atoms with Gasteiger partial charge in [0.05, 0.1) is 5.41 Å². The summed E-state index contributed by atoms with van der Waals surface area (Å²) >= 11 is 0. The maximum absolute atomic E-state index is 11.5. The first-order chi connectivity index (χ1) is 5.89. The highest BCUT2D eigenvalue weighted by molar-refractivity contribution is 5.88. The van der Waals surface area contributed by atoms with Gasteiger partial charge in [0.25, 0.3) is 0 Å². The lowest BCUT2D eigenvalue weighted by molar-refractivity contribution is -0.124. The third-order valence-electron chi connectivity index (χ3n) is 6.02. The highest BCUT2D eigenvalue weighted by atomic mass is 16.1. The van der Waals surface area contributed by atoms with Crippen molar-refractivity contribution in [3.05, 3.63) is 0 Å². The van der Waals surface area contributed by atoms with Crippen LogP contribution in [0.3, 0.4) is 0 Å². The predicted octanol–water partition coefficient (Wildman–Crippen LogP) is 1.54. The average molecular weight is 179 g/mol. The van der Waals surface area contributed by atoms with E-state index < -0.39 is 0 Å². The molecule has 0 aliphatic heterocycles. The minimum absolute atomic E-state index is 0.0342. The van der Waals surface area contributed by atoms with E-state index in [0.29, 0.717) is 11.3 Å². The first-order valence-corrected chi connectivity index (χ1v) is 5.19. The number of carbonyl (C=O) groups excluding carboxylic acids is 1. The molecule has 4 atom stereocenters. The molecule has 4 aliphatic rings. The topological polar surface area (TPSA) is 43.1 Å². The number of hydrogen-bond donors (Lipinski definition) is 1.